The Morgan fingerprint density at radius 2 is 2.12 bits per heavy atom. The van der Waals surface area contributed by atoms with E-state index in [4.69, 9.17) is 0 Å². The van der Waals surface area contributed by atoms with Crippen molar-refractivity contribution in [3.63, 3.8) is 0 Å². The number of hydrogen-bond donors (Lipinski definition) is 3. The monoisotopic (exact) mass is 232 g/mol. The van der Waals surface area contributed by atoms with Gasteiger partial charge in [0, 0.05) is 18.3 Å². The molecule has 3 nitrogen and oxygen atoms in total. The number of aliphatic hydroxyl groups is 1. The first-order valence-electron chi connectivity index (χ1n) is 6.59. The Hall–Kier alpha value is -1.06. The second-order valence-electron chi connectivity index (χ2n) is 5.20. The number of aryl methyl sites for hydroxylation is 1. The van der Waals surface area contributed by atoms with Crippen molar-refractivity contribution in [1.29, 1.82) is 0 Å². The van der Waals surface area contributed by atoms with Crippen LogP contribution in [0.15, 0.2) is 24.3 Å². The van der Waals surface area contributed by atoms with E-state index in [1.807, 2.05) is 6.07 Å². The molecule has 0 bridgehead atoms. The molecule has 3 N–H and O–H groups in total. The fourth-order valence-corrected chi connectivity index (χ4v) is 2.47. The SMILES string of the molecule is OC(CNC1CC1)C1CCc2ccccc2N1. The van der Waals surface area contributed by atoms with Gasteiger partial charge in [-0.25, -0.2) is 0 Å². The van der Waals surface area contributed by atoms with E-state index in [1.54, 1.807) is 0 Å². The van der Waals surface area contributed by atoms with Crippen molar-refractivity contribution in [3.8, 4) is 0 Å². The molecule has 3 heteroatoms. The zero-order valence-electron chi connectivity index (χ0n) is 10.0. The second kappa shape index (κ2) is 4.67. The van der Waals surface area contributed by atoms with Gasteiger partial charge in [-0.1, -0.05) is 18.2 Å². The molecule has 92 valence electrons. The maximum Gasteiger partial charge on any atom is 0.0865 e. The maximum atomic E-state index is 10.2. The highest BCUT2D eigenvalue weighted by molar-refractivity contribution is 5.53. The third-order valence-electron chi connectivity index (χ3n) is 3.74. The van der Waals surface area contributed by atoms with Gasteiger partial charge in [0.25, 0.3) is 0 Å². The first kappa shape index (κ1) is 11.1. The number of benzene rings is 1. The van der Waals surface area contributed by atoms with Crippen LogP contribution in [0.25, 0.3) is 0 Å². The van der Waals surface area contributed by atoms with Gasteiger partial charge >= 0.3 is 0 Å². The predicted molar refractivity (Wildman–Crippen MR) is 69.2 cm³/mol. The molecule has 0 amide bonds. The smallest absolute Gasteiger partial charge is 0.0865 e. The Morgan fingerprint density at radius 3 is 2.94 bits per heavy atom. The summed E-state index contributed by atoms with van der Waals surface area (Å²) in [7, 11) is 0. The molecule has 1 aliphatic carbocycles. The van der Waals surface area contributed by atoms with Gasteiger partial charge in [-0.15, -0.1) is 0 Å². The summed E-state index contributed by atoms with van der Waals surface area (Å²) in [6.07, 6.45) is 4.34. The van der Waals surface area contributed by atoms with E-state index in [2.05, 4.69) is 28.8 Å². The van der Waals surface area contributed by atoms with Crippen LogP contribution in [0.5, 0.6) is 0 Å². The summed E-state index contributed by atoms with van der Waals surface area (Å²) in [5, 5.41) is 17.0. The zero-order valence-corrected chi connectivity index (χ0v) is 10.0. The van der Waals surface area contributed by atoms with Crippen LogP contribution >= 0.6 is 0 Å². The number of fused-ring (bicyclic) bond motifs is 1. The Bertz CT molecular complexity index is 390. The fraction of sp³-hybridized carbons (Fsp3) is 0.571. The fourth-order valence-electron chi connectivity index (χ4n) is 2.47. The summed E-state index contributed by atoms with van der Waals surface area (Å²) in [6.45, 7) is 0.713. The van der Waals surface area contributed by atoms with Gasteiger partial charge in [0.2, 0.25) is 0 Å². The second-order valence-corrected chi connectivity index (χ2v) is 5.20. The number of hydrogen-bond acceptors (Lipinski definition) is 3. The van der Waals surface area contributed by atoms with Crippen molar-refractivity contribution in [3.05, 3.63) is 29.8 Å². The van der Waals surface area contributed by atoms with Gasteiger partial charge in [0.15, 0.2) is 0 Å². The van der Waals surface area contributed by atoms with Crippen LogP contribution in [0.1, 0.15) is 24.8 Å². The van der Waals surface area contributed by atoms with Gasteiger partial charge in [0.1, 0.15) is 0 Å². The number of para-hydroxylation sites is 1. The van der Waals surface area contributed by atoms with E-state index in [1.165, 1.54) is 24.1 Å². The molecule has 2 atom stereocenters. The molecule has 2 aliphatic rings. The molecule has 1 saturated carbocycles. The summed E-state index contributed by atoms with van der Waals surface area (Å²) < 4.78 is 0. The lowest BCUT2D eigenvalue weighted by atomic mass is 9.95. The Morgan fingerprint density at radius 1 is 1.29 bits per heavy atom. The van der Waals surface area contributed by atoms with E-state index < -0.39 is 0 Å². The van der Waals surface area contributed by atoms with Gasteiger partial charge in [0.05, 0.1) is 12.1 Å². The van der Waals surface area contributed by atoms with Crippen LogP contribution in [0, 0.1) is 0 Å². The predicted octanol–water partition coefficient (Wildman–Crippen LogP) is 1.53. The Labute approximate surface area is 102 Å². The zero-order chi connectivity index (χ0) is 11.7. The van der Waals surface area contributed by atoms with Crippen LogP contribution in [-0.4, -0.2) is 29.8 Å². The van der Waals surface area contributed by atoms with Gasteiger partial charge in [-0.3, -0.25) is 0 Å². The first-order valence-corrected chi connectivity index (χ1v) is 6.59. The molecule has 3 rings (SSSR count). The summed E-state index contributed by atoms with van der Waals surface area (Å²) in [5.41, 5.74) is 2.56. The third-order valence-corrected chi connectivity index (χ3v) is 3.74. The molecule has 1 fully saturated rings. The van der Waals surface area contributed by atoms with Crippen LogP contribution < -0.4 is 10.6 Å². The van der Waals surface area contributed by atoms with Crippen molar-refractivity contribution in [2.45, 2.75) is 43.9 Å². The van der Waals surface area contributed by atoms with Crippen LogP contribution in [0.2, 0.25) is 0 Å². The lowest BCUT2D eigenvalue weighted by Gasteiger charge is -2.30. The number of anilines is 1. The first-order chi connectivity index (χ1) is 8.33. The minimum absolute atomic E-state index is 0.191. The average molecular weight is 232 g/mol. The molecule has 1 aromatic rings. The van der Waals surface area contributed by atoms with Crippen molar-refractivity contribution in [1.82, 2.24) is 5.32 Å². The van der Waals surface area contributed by atoms with E-state index >= 15 is 0 Å². The van der Waals surface area contributed by atoms with Crippen molar-refractivity contribution in [2.75, 3.05) is 11.9 Å². The number of aliphatic hydroxyl groups excluding tert-OH is 1. The van der Waals surface area contributed by atoms with Gasteiger partial charge < -0.3 is 15.7 Å². The highest BCUT2D eigenvalue weighted by atomic mass is 16.3. The molecular weight excluding hydrogens is 212 g/mol. The largest absolute Gasteiger partial charge is 0.390 e. The van der Waals surface area contributed by atoms with Crippen molar-refractivity contribution < 1.29 is 5.11 Å². The van der Waals surface area contributed by atoms with Crippen LogP contribution in [0.3, 0.4) is 0 Å². The number of rotatable bonds is 4. The third kappa shape index (κ3) is 2.61. The summed E-state index contributed by atoms with van der Waals surface area (Å²) in [4.78, 5) is 0. The van der Waals surface area contributed by atoms with Gasteiger partial charge in [-0.05, 0) is 37.3 Å². The lowest BCUT2D eigenvalue weighted by Crippen LogP contribution is -2.43. The molecule has 0 saturated heterocycles. The highest BCUT2D eigenvalue weighted by Gasteiger charge is 2.26. The average Bonchev–Trinajstić information content (AvgIpc) is 3.19. The minimum Gasteiger partial charge on any atom is -0.390 e. The Kier molecular flexibility index (Phi) is 3.04. The molecule has 0 radical (unpaired) electrons. The summed E-state index contributed by atoms with van der Waals surface area (Å²) in [5.74, 6) is 0. The lowest BCUT2D eigenvalue weighted by molar-refractivity contribution is 0.144. The molecule has 0 aromatic heterocycles. The van der Waals surface area contributed by atoms with Gasteiger partial charge in [-0.2, -0.15) is 0 Å². The van der Waals surface area contributed by atoms with E-state index in [-0.39, 0.29) is 12.1 Å². The maximum absolute atomic E-state index is 10.2. The molecule has 1 aromatic carbocycles. The van der Waals surface area contributed by atoms with Crippen LogP contribution in [-0.2, 0) is 6.42 Å². The molecule has 1 heterocycles. The standard InChI is InChI=1S/C14H20N2O/c17-14(9-15-11-6-7-11)13-8-5-10-3-1-2-4-12(10)16-13/h1-4,11,13-17H,5-9H2. The summed E-state index contributed by atoms with van der Waals surface area (Å²) in [6, 6.07) is 9.24. The highest BCUT2D eigenvalue weighted by Crippen LogP contribution is 2.26. The molecule has 0 spiro atoms. The number of nitrogens with one attached hydrogen (secondary N) is 2. The Balaban J connectivity index is 1.58. The van der Waals surface area contributed by atoms with Crippen molar-refractivity contribution in [2.24, 2.45) is 0 Å². The molecule has 2 unspecified atom stereocenters. The summed E-state index contributed by atoms with van der Waals surface area (Å²) >= 11 is 0. The van der Waals surface area contributed by atoms with E-state index in [9.17, 15) is 5.11 Å². The topological polar surface area (TPSA) is 44.3 Å². The molecular formula is C14H20N2O. The molecule has 1 aliphatic heterocycles. The van der Waals surface area contributed by atoms with Crippen LogP contribution in [0.4, 0.5) is 5.69 Å². The van der Waals surface area contributed by atoms with Crippen molar-refractivity contribution >= 4 is 5.69 Å². The van der Waals surface area contributed by atoms with E-state index in [0.717, 1.165) is 12.8 Å². The quantitative estimate of drug-likeness (QED) is 0.737. The minimum atomic E-state index is -0.288. The normalized spacial score (nSPS) is 24.9. The molecule has 17 heavy (non-hydrogen) atoms. The van der Waals surface area contributed by atoms with E-state index in [0.29, 0.717) is 12.6 Å².